The van der Waals surface area contributed by atoms with Gasteiger partial charge in [-0.3, -0.25) is 9.78 Å². The maximum absolute atomic E-state index is 13.9. The highest BCUT2D eigenvalue weighted by Gasteiger charge is 2.33. The van der Waals surface area contributed by atoms with Crippen molar-refractivity contribution >= 4 is 5.91 Å². The van der Waals surface area contributed by atoms with Crippen LogP contribution in [0.4, 0.5) is 0 Å². The second-order valence-electron chi connectivity index (χ2n) is 8.07. The Morgan fingerprint density at radius 1 is 1.06 bits per heavy atom. The summed E-state index contributed by atoms with van der Waals surface area (Å²) in [6.45, 7) is 3.33. The molecule has 1 aliphatic heterocycles. The molecule has 0 saturated carbocycles. The average Bonchev–Trinajstić information content (AvgIpc) is 3.54. The summed E-state index contributed by atoms with van der Waals surface area (Å²) in [7, 11) is 0. The number of carbonyl (C=O) groups excluding carboxylic acids is 1. The van der Waals surface area contributed by atoms with Gasteiger partial charge in [0.25, 0.3) is 5.91 Å². The van der Waals surface area contributed by atoms with E-state index in [1.165, 1.54) is 0 Å². The molecule has 6 heteroatoms. The van der Waals surface area contributed by atoms with Gasteiger partial charge in [0, 0.05) is 30.7 Å². The Bertz CT molecular complexity index is 1220. The second kappa shape index (κ2) is 9.28. The van der Waals surface area contributed by atoms with Crippen LogP contribution in [0.25, 0.3) is 16.9 Å². The highest BCUT2D eigenvalue weighted by molar-refractivity contribution is 6.00. The number of likely N-dealkylation sites (tertiary alicyclic amines) is 1. The molecule has 2 aromatic carbocycles. The lowest BCUT2D eigenvalue weighted by Crippen LogP contribution is -2.30. The summed E-state index contributed by atoms with van der Waals surface area (Å²) in [5.41, 5.74) is 4.10. The van der Waals surface area contributed by atoms with Crippen molar-refractivity contribution in [1.29, 1.82) is 0 Å². The van der Waals surface area contributed by atoms with Crippen LogP contribution in [0.2, 0.25) is 0 Å². The van der Waals surface area contributed by atoms with E-state index in [4.69, 9.17) is 9.84 Å². The Morgan fingerprint density at radius 3 is 2.61 bits per heavy atom. The summed E-state index contributed by atoms with van der Waals surface area (Å²) in [6, 6.07) is 21.8. The van der Waals surface area contributed by atoms with Crippen molar-refractivity contribution < 1.29 is 9.53 Å². The molecule has 4 aromatic rings. The van der Waals surface area contributed by atoms with Crippen LogP contribution in [0.5, 0.6) is 5.75 Å². The number of benzene rings is 2. The molecular weight excluding hydrogens is 412 g/mol. The van der Waals surface area contributed by atoms with E-state index in [2.05, 4.69) is 17.1 Å². The van der Waals surface area contributed by atoms with E-state index in [1.54, 1.807) is 17.1 Å². The van der Waals surface area contributed by atoms with E-state index in [0.717, 1.165) is 42.0 Å². The zero-order valence-electron chi connectivity index (χ0n) is 18.6. The number of rotatable bonds is 6. The molecule has 2 aromatic heterocycles. The van der Waals surface area contributed by atoms with E-state index in [0.29, 0.717) is 17.9 Å². The zero-order valence-corrected chi connectivity index (χ0v) is 18.6. The van der Waals surface area contributed by atoms with Gasteiger partial charge in [-0.15, -0.1) is 0 Å². The first-order chi connectivity index (χ1) is 16.2. The van der Waals surface area contributed by atoms with Gasteiger partial charge in [0.2, 0.25) is 0 Å². The van der Waals surface area contributed by atoms with Crippen LogP contribution in [-0.2, 0) is 0 Å². The lowest BCUT2D eigenvalue weighted by Gasteiger charge is -2.25. The summed E-state index contributed by atoms with van der Waals surface area (Å²) in [6.07, 6.45) is 7.23. The molecule has 0 N–H and O–H groups in total. The summed E-state index contributed by atoms with van der Waals surface area (Å²) in [5, 5.41) is 4.79. The number of aromatic nitrogens is 3. The molecule has 0 bridgehead atoms. The smallest absolute Gasteiger partial charge is 0.258 e. The maximum Gasteiger partial charge on any atom is 0.258 e. The van der Waals surface area contributed by atoms with Crippen molar-refractivity contribution in [3.8, 4) is 22.7 Å². The van der Waals surface area contributed by atoms with Gasteiger partial charge in [0.05, 0.1) is 23.9 Å². The summed E-state index contributed by atoms with van der Waals surface area (Å²) in [5.74, 6) is 0.840. The summed E-state index contributed by atoms with van der Waals surface area (Å²) >= 11 is 0. The van der Waals surface area contributed by atoms with Crippen LogP contribution >= 0.6 is 0 Å². The minimum Gasteiger partial charge on any atom is -0.494 e. The predicted octanol–water partition coefficient (Wildman–Crippen LogP) is 5.31. The number of ether oxygens (including phenoxy) is 1. The lowest BCUT2D eigenvalue weighted by atomic mass is 10.0. The predicted molar refractivity (Wildman–Crippen MR) is 127 cm³/mol. The molecule has 0 spiro atoms. The van der Waals surface area contributed by atoms with E-state index in [9.17, 15) is 4.79 Å². The van der Waals surface area contributed by atoms with Crippen LogP contribution in [0.15, 0.2) is 85.3 Å². The Hall–Kier alpha value is -3.93. The first kappa shape index (κ1) is 20.9. The fourth-order valence-corrected chi connectivity index (χ4v) is 4.42. The second-order valence-corrected chi connectivity index (χ2v) is 8.07. The molecule has 5 rings (SSSR count). The van der Waals surface area contributed by atoms with Crippen molar-refractivity contribution in [3.05, 3.63) is 96.4 Å². The maximum atomic E-state index is 13.9. The third kappa shape index (κ3) is 4.24. The summed E-state index contributed by atoms with van der Waals surface area (Å²) < 4.78 is 7.35. The molecular formula is C27H26N4O2. The fraction of sp³-hybridized carbons (Fsp3) is 0.222. The minimum absolute atomic E-state index is 0.00702. The third-order valence-electron chi connectivity index (χ3n) is 5.99. The third-order valence-corrected chi connectivity index (χ3v) is 5.99. The first-order valence-corrected chi connectivity index (χ1v) is 11.3. The largest absolute Gasteiger partial charge is 0.494 e. The molecule has 1 unspecified atom stereocenters. The van der Waals surface area contributed by atoms with Crippen molar-refractivity contribution in [1.82, 2.24) is 19.7 Å². The van der Waals surface area contributed by atoms with Gasteiger partial charge < -0.3 is 9.64 Å². The van der Waals surface area contributed by atoms with Crippen molar-refractivity contribution in [2.45, 2.75) is 25.8 Å². The van der Waals surface area contributed by atoms with Crippen LogP contribution in [-0.4, -0.2) is 38.7 Å². The van der Waals surface area contributed by atoms with E-state index >= 15 is 0 Å². The van der Waals surface area contributed by atoms with Crippen molar-refractivity contribution in [2.24, 2.45) is 0 Å². The zero-order chi connectivity index (χ0) is 22.6. The molecule has 1 saturated heterocycles. The number of hydrogen-bond donors (Lipinski definition) is 0. The molecule has 3 heterocycles. The molecule has 6 nitrogen and oxygen atoms in total. The Kier molecular flexibility index (Phi) is 5.89. The number of pyridine rings is 1. The van der Waals surface area contributed by atoms with Gasteiger partial charge in [0.1, 0.15) is 11.4 Å². The molecule has 1 amide bonds. The normalized spacial score (nSPS) is 15.5. The first-order valence-electron chi connectivity index (χ1n) is 11.3. The molecule has 0 aliphatic carbocycles. The quantitative estimate of drug-likeness (QED) is 0.409. The fourth-order valence-electron chi connectivity index (χ4n) is 4.42. The standard InChI is InChI=1S/C27H26N4O2/c1-2-33-23-14-12-20(13-15-23)25-11-7-17-30(25)27(32)24-19-31(22-9-4-3-5-10-22)29-26(24)21-8-6-16-28-18-21/h3-6,8-10,12-16,18-19,25H,2,7,11,17H2,1H3. The number of para-hydroxylation sites is 1. The SMILES string of the molecule is CCOc1ccc(C2CCCN2C(=O)c2cn(-c3ccccc3)nc2-c2cccnc2)cc1. The van der Waals surface area contributed by atoms with Gasteiger partial charge >= 0.3 is 0 Å². The Morgan fingerprint density at radius 2 is 1.88 bits per heavy atom. The Balaban J connectivity index is 1.51. The van der Waals surface area contributed by atoms with Crippen LogP contribution in [0.3, 0.4) is 0 Å². The van der Waals surface area contributed by atoms with Crippen molar-refractivity contribution in [2.75, 3.05) is 13.2 Å². The van der Waals surface area contributed by atoms with Gasteiger partial charge in [-0.25, -0.2) is 4.68 Å². The Labute approximate surface area is 193 Å². The average molecular weight is 439 g/mol. The molecule has 166 valence electrons. The summed E-state index contributed by atoms with van der Waals surface area (Å²) in [4.78, 5) is 20.1. The molecule has 1 aliphatic rings. The molecule has 1 fully saturated rings. The van der Waals surface area contributed by atoms with E-state index in [1.807, 2.05) is 72.6 Å². The monoisotopic (exact) mass is 438 g/mol. The number of nitrogens with zero attached hydrogens (tertiary/aromatic N) is 4. The van der Waals surface area contributed by atoms with E-state index in [-0.39, 0.29) is 11.9 Å². The van der Waals surface area contributed by atoms with Crippen LogP contribution in [0, 0.1) is 0 Å². The highest BCUT2D eigenvalue weighted by atomic mass is 16.5. The topological polar surface area (TPSA) is 60.2 Å². The van der Waals surface area contributed by atoms with Gasteiger partial charge in [0.15, 0.2) is 0 Å². The van der Waals surface area contributed by atoms with Crippen LogP contribution < -0.4 is 4.74 Å². The lowest BCUT2D eigenvalue weighted by molar-refractivity contribution is 0.0736. The number of carbonyl (C=O) groups is 1. The van der Waals surface area contributed by atoms with Gasteiger partial charge in [-0.2, -0.15) is 5.10 Å². The number of amides is 1. The van der Waals surface area contributed by atoms with E-state index < -0.39 is 0 Å². The molecule has 0 radical (unpaired) electrons. The molecule has 33 heavy (non-hydrogen) atoms. The van der Waals surface area contributed by atoms with Crippen molar-refractivity contribution in [3.63, 3.8) is 0 Å². The van der Waals surface area contributed by atoms with Gasteiger partial charge in [-0.05, 0) is 61.7 Å². The van der Waals surface area contributed by atoms with Gasteiger partial charge in [-0.1, -0.05) is 30.3 Å². The molecule has 1 atom stereocenters. The highest BCUT2D eigenvalue weighted by Crippen LogP contribution is 2.35. The number of hydrogen-bond acceptors (Lipinski definition) is 4. The minimum atomic E-state index is -0.00702. The van der Waals surface area contributed by atoms with Crippen LogP contribution in [0.1, 0.15) is 41.7 Å².